The predicted octanol–water partition coefficient (Wildman–Crippen LogP) is 2.34. The maximum absolute atomic E-state index is 3.77. The van der Waals surface area contributed by atoms with E-state index < -0.39 is 0 Å². The fourth-order valence-electron chi connectivity index (χ4n) is 2.09. The van der Waals surface area contributed by atoms with Crippen LogP contribution in [-0.2, 0) is 0 Å². The van der Waals surface area contributed by atoms with E-state index in [0.717, 1.165) is 12.5 Å². The second-order valence-electron chi connectivity index (χ2n) is 3.48. The summed E-state index contributed by atoms with van der Waals surface area (Å²) in [6.45, 7) is 6.00. The minimum Gasteiger partial charge on any atom is -0.371 e. The zero-order chi connectivity index (χ0) is 8.39. The number of allylic oxidation sites excluding steroid dienone is 4. The second kappa shape index (κ2) is 3.18. The van der Waals surface area contributed by atoms with Crippen LogP contribution >= 0.6 is 0 Å². The van der Waals surface area contributed by atoms with Gasteiger partial charge in [0.05, 0.1) is 0 Å². The molecule has 12 heavy (non-hydrogen) atoms. The van der Waals surface area contributed by atoms with Gasteiger partial charge in [0, 0.05) is 24.7 Å². The number of hydrogen-bond acceptors (Lipinski definition) is 1. The first kappa shape index (κ1) is 7.66. The summed E-state index contributed by atoms with van der Waals surface area (Å²) in [5.41, 5.74) is 1.53. The fourth-order valence-corrected chi connectivity index (χ4v) is 2.09. The highest BCUT2D eigenvalue weighted by molar-refractivity contribution is 5.23. The van der Waals surface area contributed by atoms with E-state index in [-0.39, 0.29) is 0 Å². The molecule has 0 aromatic rings. The Morgan fingerprint density at radius 1 is 1.67 bits per heavy atom. The lowest BCUT2D eigenvalue weighted by molar-refractivity contribution is 0.431. The van der Waals surface area contributed by atoms with Gasteiger partial charge in [-0.3, -0.25) is 0 Å². The molecular formula is C11H15N. The van der Waals surface area contributed by atoms with Gasteiger partial charge in [-0.05, 0) is 18.9 Å². The Hall–Kier alpha value is -0.980. The van der Waals surface area contributed by atoms with Crippen molar-refractivity contribution in [2.75, 3.05) is 13.1 Å². The van der Waals surface area contributed by atoms with E-state index in [1.54, 1.807) is 0 Å². The molecule has 0 aromatic carbocycles. The third-order valence-electron chi connectivity index (χ3n) is 2.70. The fraction of sp³-hybridized carbons (Fsp3) is 0.455. The second-order valence-corrected chi connectivity index (χ2v) is 3.48. The Morgan fingerprint density at radius 3 is 3.42 bits per heavy atom. The first-order valence-electron chi connectivity index (χ1n) is 4.64. The lowest BCUT2D eigenvalue weighted by Crippen LogP contribution is -2.19. The van der Waals surface area contributed by atoms with Crippen molar-refractivity contribution < 1.29 is 0 Å². The first-order valence-corrected chi connectivity index (χ1v) is 4.64. The van der Waals surface area contributed by atoms with Gasteiger partial charge in [-0.25, -0.2) is 0 Å². The van der Waals surface area contributed by atoms with Crippen LogP contribution in [0, 0.1) is 5.92 Å². The van der Waals surface area contributed by atoms with Crippen LogP contribution < -0.4 is 0 Å². The summed E-state index contributed by atoms with van der Waals surface area (Å²) in [5, 5.41) is 0. The number of hydrogen-bond donors (Lipinski definition) is 0. The Labute approximate surface area is 74.1 Å². The molecule has 1 atom stereocenters. The smallest absolute Gasteiger partial charge is 0.0354 e. The van der Waals surface area contributed by atoms with Gasteiger partial charge < -0.3 is 4.90 Å². The Balaban J connectivity index is 2.13. The molecule has 1 nitrogen and oxygen atoms in total. The molecule has 1 aliphatic heterocycles. The van der Waals surface area contributed by atoms with Crippen LogP contribution in [0.2, 0.25) is 0 Å². The van der Waals surface area contributed by atoms with Crippen LogP contribution in [-0.4, -0.2) is 18.0 Å². The van der Waals surface area contributed by atoms with Crippen LogP contribution in [0.15, 0.2) is 36.6 Å². The van der Waals surface area contributed by atoms with E-state index >= 15 is 0 Å². The van der Waals surface area contributed by atoms with E-state index in [0.29, 0.717) is 0 Å². The van der Waals surface area contributed by atoms with E-state index in [4.69, 9.17) is 0 Å². The van der Waals surface area contributed by atoms with E-state index in [9.17, 15) is 0 Å². The van der Waals surface area contributed by atoms with E-state index in [1.165, 1.54) is 25.1 Å². The van der Waals surface area contributed by atoms with Crippen molar-refractivity contribution in [2.24, 2.45) is 5.92 Å². The highest BCUT2D eigenvalue weighted by Gasteiger charge is 2.26. The molecule has 1 aliphatic carbocycles. The molecule has 64 valence electrons. The van der Waals surface area contributed by atoms with Crippen LogP contribution in [0.3, 0.4) is 0 Å². The lowest BCUT2D eigenvalue weighted by Gasteiger charge is -2.21. The topological polar surface area (TPSA) is 3.24 Å². The van der Waals surface area contributed by atoms with Gasteiger partial charge in [0.2, 0.25) is 0 Å². The van der Waals surface area contributed by atoms with Crippen LogP contribution in [0.1, 0.15) is 12.8 Å². The summed E-state index contributed by atoms with van der Waals surface area (Å²) in [6, 6.07) is 0. The summed E-state index contributed by atoms with van der Waals surface area (Å²) in [4.78, 5) is 2.43. The van der Waals surface area contributed by atoms with Gasteiger partial charge in [-0.1, -0.05) is 18.2 Å². The van der Waals surface area contributed by atoms with Gasteiger partial charge in [-0.15, -0.1) is 6.58 Å². The number of likely N-dealkylation sites (tertiary alicyclic amines) is 1. The van der Waals surface area contributed by atoms with Crippen molar-refractivity contribution in [1.82, 2.24) is 4.90 Å². The van der Waals surface area contributed by atoms with Crippen molar-refractivity contribution in [3.05, 3.63) is 36.6 Å². The third kappa shape index (κ3) is 1.20. The molecule has 1 saturated heterocycles. The van der Waals surface area contributed by atoms with Crippen LogP contribution in [0.25, 0.3) is 0 Å². The molecule has 1 fully saturated rings. The minimum atomic E-state index is 0.801. The number of nitrogens with zero attached hydrogens (tertiary/aromatic N) is 1. The molecule has 2 aliphatic rings. The molecule has 1 heterocycles. The van der Waals surface area contributed by atoms with Gasteiger partial charge in [0.15, 0.2) is 0 Å². The summed E-state index contributed by atoms with van der Waals surface area (Å²) in [6.07, 6.45) is 11.2. The lowest BCUT2D eigenvalue weighted by atomic mass is 9.97. The largest absolute Gasteiger partial charge is 0.371 e. The SMILES string of the molecule is C=CCN1CCC2CC=CC=C21. The molecule has 0 saturated carbocycles. The average molecular weight is 161 g/mol. The number of rotatable bonds is 2. The molecule has 0 spiro atoms. The standard InChI is InChI=1S/C11H15N/c1-2-8-12-9-7-10-5-3-4-6-11(10)12/h2-4,6,10H,1,5,7-9H2. The number of fused-ring (bicyclic) bond motifs is 1. The summed E-state index contributed by atoms with van der Waals surface area (Å²) in [7, 11) is 0. The predicted molar refractivity (Wildman–Crippen MR) is 51.7 cm³/mol. The molecule has 0 aromatic heterocycles. The van der Waals surface area contributed by atoms with Crippen LogP contribution in [0.4, 0.5) is 0 Å². The highest BCUT2D eigenvalue weighted by atomic mass is 15.2. The van der Waals surface area contributed by atoms with Crippen molar-refractivity contribution in [1.29, 1.82) is 0 Å². The minimum absolute atomic E-state index is 0.801. The van der Waals surface area contributed by atoms with Crippen molar-refractivity contribution >= 4 is 0 Å². The van der Waals surface area contributed by atoms with Gasteiger partial charge in [-0.2, -0.15) is 0 Å². The van der Waals surface area contributed by atoms with Crippen molar-refractivity contribution in [3.8, 4) is 0 Å². The Morgan fingerprint density at radius 2 is 2.58 bits per heavy atom. The zero-order valence-corrected chi connectivity index (χ0v) is 7.37. The molecular weight excluding hydrogens is 146 g/mol. The Kier molecular flexibility index (Phi) is 2.03. The third-order valence-corrected chi connectivity index (χ3v) is 2.70. The van der Waals surface area contributed by atoms with E-state index in [1.807, 2.05) is 6.08 Å². The summed E-state index contributed by atoms with van der Waals surface area (Å²) in [5.74, 6) is 0.801. The maximum atomic E-state index is 3.77. The monoisotopic (exact) mass is 161 g/mol. The molecule has 1 heteroatoms. The van der Waals surface area contributed by atoms with Gasteiger partial charge in [0.25, 0.3) is 0 Å². The summed E-state index contributed by atoms with van der Waals surface area (Å²) >= 11 is 0. The highest BCUT2D eigenvalue weighted by Crippen LogP contribution is 2.32. The molecule has 0 N–H and O–H groups in total. The molecule has 0 bridgehead atoms. The van der Waals surface area contributed by atoms with Gasteiger partial charge in [0.1, 0.15) is 0 Å². The quantitative estimate of drug-likeness (QED) is 0.562. The maximum Gasteiger partial charge on any atom is 0.0354 e. The Bertz CT molecular complexity index is 237. The molecule has 1 unspecified atom stereocenters. The van der Waals surface area contributed by atoms with Crippen LogP contribution in [0.5, 0.6) is 0 Å². The first-order chi connectivity index (χ1) is 5.92. The van der Waals surface area contributed by atoms with E-state index in [2.05, 4.69) is 29.7 Å². The molecule has 2 rings (SSSR count). The molecule has 0 amide bonds. The van der Waals surface area contributed by atoms with Crippen molar-refractivity contribution in [3.63, 3.8) is 0 Å². The van der Waals surface area contributed by atoms with Gasteiger partial charge >= 0.3 is 0 Å². The average Bonchev–Trinajstić information content (AvgIpc) is 2.50. The van der Waals surface area contributed by atoms with Crippen molar-refractivity contribution in [2.45, 2.75) is 12.8 Å². The molecule has 0 radical (unpaired) electrons. The normalized spacial score (nSPS) is 26.8. The zero-order valence-electron chi connectivity index (χ0n) is 7.37. The summed E-state index contributed by atoms with van der Waals surface area (Å²) < 4.78 is 0.